The Morgan fingerprint density at radius 1 is 1.50 bits per heavy atom. The number of rotatable bonds is 4. The van der Waals surface area contributed by atoms with Crippen LogP contribution in [0.1, 0.15) is 16.1 Å². The molecule has 0 radical (unpaired) electrons. The first-order valence-corrected chi connectivity index (χ1v) is 4.41. The molecule has 0 aliphatic heterocycles. The third-order valence-corrected chi connectivity index (χ3v) is 1.85. The highest BCUT2D eigenvalue weighted by Crippen LogP contribution is 2.35. The van der Waals surface area contributed by atoms with E-state index in [1.54, 1.807) is 0 Å². The van der Waals surface area contributed by atoms with Gasteiger partial charge in [-0.25, -0.2) is 9.18 Å². The minimum atomic E-state index is -5.04. The maximum Gasteiger partial charge on any atom is 0.573 e. The number of carboxylic acids is 1. The maximum absolute atomic E-state index is 12.5. The molecule has 1 aromatic heterocycles. The number of hydrogen-bond donors (Lipinski definition) is 1. The summed E-state index contributed by atoms with van der Waals surface area (Å²) in [6, 6.07) is 0. The van der Waals surface area contributed by atoms with E-state index in [1.807, 2.05) is 0 Å². The van der Waals surface area contributed by atoms with Crippen LogP contribution in [0.5, 0.6) is 11.5 Å². The highest BCUT2D eigenvalue weighted by Gasteiger charge is 2.34. The Kier molecular flexibility index (Phi) is 3.94. The van der Waals surface area contributed by atoms with E-state index in [-0.39, 0.29) is 0 Å². The number of aromatic nitrogens is 1. The second kappa shape index (κ2) is 5.07. The highest BCUT2D eigenvalue weighted by atomic mass is 19.4. The summed E-state index contributed by atoms with van der Waals surface area (Å²) in [6.45, 7) is -1.26. The van der Waals surface area contributed by atoms with Crippen molar-refractivity contribution in [3.8, 4) is 11.5 Å². The molecule has 0 amide bonds. The van der Waals surface area contributed by atoms with Crippen molar-refractivity contribution in [1.29, 1.82) is 0 Å². The molecule has 9 heteroatoms. The van der Waals surface area contributed by atoms with Crippen LogP contribution < -0.4 is 9.47 Å². The number of nitrogens with zero attached hydrogens (tertiary/aromatic N) is 1. The van der Waals surface area contributed by atoms with E-state index in [2.05, 4.69) is 14.5 Å². The van der Waals surface area contributed by atoms with Gasteiger partial charge < -0.3 is 14.6 Å². The number of pyridine rings is 1. The number of ether oxygens (including phenoxy) is 2. The summed E-state index contributed by atoms with van der Waals surface area (Å²) in [5, 5.41) is 8.81. The molecule has 18 heavy (non-hydrogen) atoms. The monoisotopic (exact) mass is 269 g/mol. The van der Waals surface area contributed by atoms with E-state index in [0.717, 1.165) is 7.11 Å². The second-order valence-corrected chi connectivity index (χ2v) is 2.96. The highest BCUT2D eigenvalue weighted by molar-refractivity contribution is 5.93. The Labute approximate surface area is 98.0 Å². The molecule has 0 fully saturated rings. The Balaban J connectivity index is 3.38. The van der Waals surface area contributed by atoms with Crippen LogP contribution >= 0.6 is 0 Å². The average molecular weight is 269 g/mol. The molecule has 1 aromatic rings. The summed E-state index contributed by atoms with van der Waals surface area (Å²) < 4.78 is 56.7. The van der Waals surface area contributed by atoms with E-state index in [1.165, 1.54) is 0 Å². The van der Waals surface area contributed by atoms with Gasteiger partial charge in [0.25, 0.3) is 0 Å². The molecule has 0 aliphatic carbocycles. The predicted octanol–water partition coefficient (Wildman–Crippen LogP) is 2.16. The third-order valence-electron chi connectivity index (χ3n) is 1.85. The molecule has 0 unspecified atom stereocenters. The molecule has 0 spiro atoms. The lowest BCUT2D eigenvalue weighted by Gasteiger charge is -2.14. The SMILES string of the molecule is COc1c(OC(F)(F)F)cnc(CF)c1C(=O)O. The van der Waals surface area contributed by atoms with Crippen LogP contribution in [0.4, 0.5) is 17.6 Å². The van der Waals surface area contributed by atoms with Crippen LogP contribution in [0.25, 0.3) is 0 Å². The first-order valence-electron chi connectivity index (χ1n) is 4.41. The molecular weight excluding hydrogens is 262 g/mol. The van der Waals surface area contributed by atoms with Crippen LogP contribution in [0.3, 0.4) is 0 Å². The van der Waals surface area contributed by atoms with Gasteiger partial charge in [-0.1, -0.05) is 0 Å². The zero-order valence-electron chi connectivity index (χ0n) is 8.92. The van der Waals surface area contributed by atoms with Gasteiger partial charge in [-0.2, -0.15) is 0 Å². The standard InChI is InChI=1S/C9H7F4NO4/c1-17-7-5(18-9(11,12)13)3-14-4(2-10)6(7)8(15)16/h3H,2H2,1H3,(H,15,16). The van der Waals surface area contributed by atoms with Gasteiger partial charge in [-0.3, -0.25) is 4.98 Å². The molecule has 0 atom stereocenters. The van der Waals surface area contributed by atoms with Gasteiger partial charge in [0.15, 0.2) is 11.5 Å². The molecule has 0 aliphatic rings. The predicted molar refractivity (Wildman–Crippen MR) is 49.2 cm³/mol. The number of hydrogen-bond acceptors (Lipinski definition) is 4. The van der Waals surface area contributed by atoms with Crippen LogP contribution in [-0.2, 0) is 6.67 Å². The first kappa shape index (κ1) is 14.0. The van der Waals surface area contributed by atoms with Gasteiger partial charge in [0.05, 0.1) is 19.0 Å². The third kappa shape index (κ3) is 2.99. The molecule has 1 N–H and O–H groups in total. The Hall–Kier alpha value is -2.06. The van der Waals surface area contributed by atoms with Gasteiger partial charge in [0.1, 0.15) is 12.2 Å². The molecular formula is C9H7F4NO4. The van der Waals surface area contributed by atoms with Crippen molar-refractivity contribution < 1.29 is 36.9 Å². The average Bonchev–Trinajstić information content (AvgIpc) is 2.26. The molecule has 0 bridgehead atoms. The number of methoxy groups -OCH3 is 1. The Bertz CT molecular complexity index is 461. The summed E-state index contributed by atoms with van der Waals surface area (Å²) in [6.07, 6.45) is -4.49. The normalized spacial score (nSPS) is 11.2. The van der Waals surface area contributed by atoms with Gasteiger partial charge in [-0.15, -0.1) is 13.2 Å². The minimum Gasteiger partial charge on any atom is -0.492 e. The number of alkyl halides is 4. The Morgan fingerprint density at radius 2 is 2.11 bits per heavy atom. The quantitative estimate of drug-likeness (QED) is 0.848. The van der Waals surface area contributed by atoms with Crippen LogP contribution in [0.2, 0.25) is 0 Å². The number of halogens is 4. The largest absolute Gasteiger partial charge is 0.573 e. The molecule has 0 aromatic carbocycles. The zero-order chi connectivity index (χ0) is 13.9. The van der Waals surface area contributed by atoms with E-state index >= 15 is 0 Å². The van der Waals surface area contributed by atoms with Gasteiger partial charge in [0, 0.05) is 0 Å². The summed E-state index contributed by atoms with van der Waals surface area (Å²) in [5.74, 6) is -3.35. The molecule has 0 saturated heterocycles. The molecule has 1 heterocycles. The van der Waals surface area contributed by atoms with Crippen molar-refractivity contribution in [3.05, 3.63) is 17.5 Å². The van der Waals surface area contributed by atoms with Crippen LogP contribution in [-0.4, -0.2) is 29.5 Å². The van der Waals surface area contributed by atoms with Gasteiger partial charge >= 0.3 is 12.3 Å². The van der Waals surface area contributed by atoms with E-state index < -0.39 is 41.8 Å². The fraction of sp³-hybridized carbons (Fsp3) is 0.333. The topological polar surface area (TPSA) is 68.7 Å². The fourth-order valence-corrected chi connectivity index (χ4v) is 1.24. The molecule has 5 nitrogen and oxygen atoms in total. The zero-order valence-corrected chi connectivity index (χ0v) is 8.92. The van der Waals surface area contributed by atoms with Crippen molar-refractivity contribution in [1.82, 2.24) is 4.98 Å². The Morgan fingerprint density at radius 3 is 2.50 bits per heavy atom. The summed E-state index contributed by atoms with van der Waals surface area (Å²) in [4.78, 5) is 14.1. The van der Waals surface area contributed by atoms with E-state index in [9.17, 15) is 22.4 Å². The summed E-state index contributed by atoms with van der Waals surface area (Å²) in [5.41, 5.74) is -1.35. The van der Waals surface area contributed by atoms with E-state index in [4.69, 9.17) is 5.11 Å². The number of carboxylic acid groups (broad SMARTS) is 1. The van der Waals surface area contributed by atoms with Crippen molar-refractivity contribution in [2.75, 3.05) is 7.11 Å². The second-order valence-electron chi connectivity index (χ2n) is 2.96. The van der Waals surface area contributed by atoms with Crippen molar-refractivity contribution in [2.45, 2.75) is 13.0 Å². The van der Waals surface area contributed by atoms with Crippen LogP contribution in [0, 0.1) is 0 Å². The lowest BCUT2D eigenvalue weighted by Crippen LogP contribution is -2.19. The lowest BCUT2D eigenvalue weighted by molar-refractivity contribution is -0.275. The number of aromatic carboxylic acids is 1. The lowest BCUT2D eigenvalue weighted by atomic mass is 10.1. The first-order chi connectivity index (χ1) is 8.30. The summed E-state index contributed by atoms with van der Waals surface area (Å²) >= 11 is 0. The fourth-order valence-electron chi connectivity index (χ4n) is 1.24. The van der Waals surface area contributed by atoms with Crippen LogP contribution in [0.15, 0.2) is 6.20 Å². The summed E-state index contributed by atoms with van der Waals surface area (Å²) in [7, 11) is 0.938. The maximum atomic E-state index is 12.5. The molecule has 1 rings (SSSR count). The van der Waals surface area contributed by atoms with Gasteiger partial charge in [-0.05, 0) is 0 Å². The minimum absolute atomic E-state index is 0.547. The molecule has 0 saturated carbocycles. The smallest absolute Gasteiger partial charge is 0.492 e. The van der Waals surface area contributed by atoms with Crippen molar-refractivity contribution in [3.63, 3.8) is 0 Å². The van der Waals surface area contributed by atoms with Gasteiger partial charge in [0.2, 0.25) is 0 Å². The van der Waals surface area contributed by atoms with E-state index in [0.29, 0.717) is 6.20 Å². The van der Waals surface area contributed by atoms with Crippen molar-refractivity contribution >= 4 is 5.97 Å². The number of carbonyl (C=O) groups is 1. The molecule has 100 valence electrons. The van der Waals surface area contributed by atoms with Crippen molar-refractivity contribution in [2.24, 2.45) is 0 Å².